The minimum absolute atomic E-state index is 0.101. The third-order valence-corrected chi connectivity index (χ3v) is 3.16. The third kappa shape index (κ3) is 3.44. The van der Waals surface area contributed by atoms with E-state index in [4.69, 9.17) is 0 Å². The summed E-state index contributed by atoms with van der Waals surface area (Å²) in [5.41, 5.74) is 1.07. The second kappa shape index (κ2) is 6.65. The lowest BCUT2D eigenvalue weighted by molar-refractivity contribution is -0.383. The van der Waals surface area contributed by atoms with Crippen molar-refractivity contribution in [2.45, 2.75) is 6.42 Å². The van der Waals surface area contributed by atoms with E-state index in [1.54, 1.807) is 19.0 Å². The molecule has 0 aliphatic rings. The minimum Gasteiger partial charge on any atom is -0.367 e. The van der Waals surface area contributed by atoms with Crippen LogP contribution in [0, 0.1) is 10.1 Å². The van der Waals surface area contributed by atoms with E-state index in [1.807, 2.05) is 30.3 Å². The number of hydrogen-bond donors (Lipinski definition) is 1. The van der Waals surface area contributed by atoms with E-state index in [1.165, 1.54) is 11.9 Å². The predicted octanol–water partition coefficient (Wildman–Crippen LogP) is 2.11. The van der Waals surface area contributed by atoms with E-state index in [0.29, 0.717) is 12.4 Å². The van der Waals surface area contributed by atoms with Crippen LogP contribution in [0.5, 0.6) is 0 Å². The standard InChI is InChI=1S/C14H17N5O2/c1-15-13-12(19(20)21)14(17-10-16-13)18(2)9-8-11-6-4-3-5-7-11/h3-7,10H,8-9H2,1-2H3,(H,15,16,17). The Morgan fingerprint density at radius 2 is 2.00 bits per heavy atom. The van der Waals surface area contributed by atoms with Crippen LogP contribution >= 0.6 is 0 Å². The fraction of sp³-hybridized carbons (Fsp3) is 0.286. The molecule has 7 heteroatoms. The summed E-state index contributed by atoms with van der Waals surface area (Å²) in [6.07, 6.45) is 2.11. The summed E-state index contributed by atoms with van der Waals surface area (Å²) in [5, 5.41) is 14.0. The van der Waals surface area contributed by atoms with Gasteiger partial charge in [0.05, 0.1) is 4.92 Å². The molecular formula is C14H17N5O2. The van der Waals surface area contributed by atoms with E-state index in [9.17, 15) is 10.1 Å². The number of likely N-dealkylation sites (N-methyl/N-ethyl adjacent to an activating group) is 1. The number of nitrogens with one attached hydrogen (secondary N) is 1. The van der Waals surface area contributed by atoms with E-state index in [0.717, 1.165) is 6.42 Å². The SMILES string of the molecule is CNc1ncnc(N(C)CCc2ccccc2)c1[N+](=O)[O-]. The van der Waals surface area contributed by atoms with Crippen molar-refractivity contribution in [2.75, 3.05) is 30.9 Å². The van der Waals surface area contributed by atoms with Crippen molar-refractivity contribution in [3.05, 3.63) is 52.3 Å². The van der Waals surface area contributed by atoms with Crippen molar-refractivity contribution in [1.82, 2.24) is 9.97 Å². The predicted molar refractivity (Wildman–Crippen MR) is 81.6 cm³/mol. The quantitative estimate of drug-likeness (QED) is 0.647. The fourth-order valence-electron chi connectivity index (χ4n) is 2.05. The molecule has 0 saturated heterocycles. The molecule has 2 rings (SSSR count). The van der Waals surface area contributed by atoms with Gasteiger partial charge in [-0.2, -0.15) is 0 Å². The smallest absolute Gasteiger partial charge is 0.353 e. The maximum Gasteiger partial charge on any atom is 0.353 e. The second-order valence-corrected chi connectivity index (χ2v) is 4.56. The summed E-state index contributed by atoms with van der Waals surface area (Å²) < 4.78 is 0. The molecule has 0 radical (unpaired) electrons. The highest BCUT2D eigenvalue weighted by atomic mass is 16.6. The average molecular weight is 287 g/mol. The fourth-order valence-corrected chi connectivity index (χ4v) is 2.05. The van der Waals surface area contributed by atoms with Crippen LogP contribution in [0.4, 0.5) is 17.3 Å². The maximum atomic E-state index is 11.2. The Balaban J connectivity index is 2.19. The monoisotopic (exact) mass is 287 g/mol. The topological polar surface area (TPSA) is 84.2 Å². The molecule has 7 nitrogen and oxygen atoms in total. The molecule has 0 fully saturated rings. The largest absolute Gasteiger partial charge is 0.367 e. The number of nitro groups is 1. The number of rotatable bonds is 6. The molecule has 110 valence electrons. The molecule has 21 heavy (non-hydrogen) atoms. The summed E-state index contributed by atoms with van der Waals surface area (Å²) in [4.78, 5) is 20.5. The molecule has 0 aliphatic carbocycles. The van der Waals surface area contributed by atoms with Gasteiger partial charge in [-0.25, -0.2) is 9.97 Å². The van der Waals surface area contributed by atoms with Crippen molar-refractivity contribution >= 4 is 17.3 Å². The molecule has 2 aromatic rings. The van der Waals surface area contributed by atoms with Crippen molar-refractivity contribution in [2.24, 2.45) is 0 Å². The highest BCUT2D eigenvalue weighted by Crippen LogP contribution is 2.30. The zero-order valence-electron chi connectivity index (χ0n) is 12.0. The van der Waals surface area contributed by atoms with Crippen LogP contribution in [0.3, 0.4) is 0 Å². The molecule has 1 aromatic carbocycles. The average Bonchev–Trinajstić information content (AvgIpc) is 2.52. The van der Waals surface area contributed by atoms with Gasteiger partial charge in [0.2, 0.25) is 11.6 Å². The van der Waals surface area contributed by atoms with E-state index < -0.39 is 4.92 Å². The Morgan fingerprint density at radius 3 is 2.62 bits per heavy atom. The number of benzene rings is 1. The third-order valence-electron chi connectivity index (χ3n) is 3.16. The van der Waals surface area contributed by atoms with Gasteiger partial charge in [-0.15, -0.1) is 0 Å². The number of anilines is 2. The van der Waals surface area contributed by atoms with Crippen LogP contribution in [-0.2, 0) is 6.42 Å². The molecule has 0 spiro atoms. The highest BCUT2D eigenvalue weighted by Gasteiger charge is 2.24. The van der Waals surface area contributed by atoms with Crippen LogP contribution in [0.25, 0.3) is 0 Å². The van der Waals surface area contributed by atoms with E-state index >= 15 is 0 Å². The second-order valence-electron chi connectivity index (χ2n) is 4.56. The molecule has 0 unspecified atom stereocenters. The summed E-state index contributed by atoms with van der Waals surface area (Å²) in [7, 11) is 3.39. The Morgan fingerprint density at radius 1 is 1.29 bits per heavy atom. The van der Waals surface area contributed by atoms with Gasteiger partial charge in [0.15, 0.2) is 0 Å². The zero-order valence-corrected chi connectivity index (χ0v) is 12.0. The van der Waals surface area contributed by atoms with Crippen molar-refractivity contribution in [1.29, 1.82) is 0 Å². The normalized spacial score (nSPS) is 10.2. The minimum atomic E-state index is -0.458. The molecule has 1 aromatic heterocycles. The van der Waals surface area contributed by atoms with Crippen LogP contribution in [0.15, 0.2) is 36.7 Å². The Hall–Kier alpha value is -2.70. The summed E-state index contributed by atoms with van der Waals surface area (Å²) in [5.74, 6) is 0.534. The molecule has 0 saturated carbocycles. The Bertz CT molecular complexity index is 618. The van der Waals surface area contributed by atoms with Gasteiger partial charge in [0.1, 0.15) is 6.33 Å². The van der Waals surface area contributed by atoms with Crippen molar-refractivity contribution < 1.29 is 4.92 Å². The number of hydrogen-bond acceptors (Lipinski definition) is 6. The maximum absolute atomic E-state index is 11.2. The van der Waals surface area contributed by atoms with Crippen LogP contribution in [0.1, 0.15) is 5.56 Å². The van der Waals surface area contributed by atoms with Gasteiger partial charge in [0, 0.05) is 20.6 Å². The molecule has 0 bridgehead atoms. The first-order chi connectivity index (χ1) is 10.1. The van der Waals surface area contributed by atoms with Gasteiger partial charge in [-0.05, 0) is 12.0 Å². The van der Waals surface area contributed by atoms with Gasteiger partial charge < -0.3 is 10.2 Å². The first-order valence-electron chi connectivity index (χ1n) is 6.55. The van der Waals surface area contributed by atoms with Crippen molar-refractivity contribution in [3.63, 3.8) is 0 Å². The highest BCUT2D eigenvalue weighted by molar-refractivity contribution is 5.69. The van der Waals surface area contributed by atoms with Gasteiger partial charge >= 0.3 is 5.69 Å². The van der Waals surface area contributed by atoms with Gasteiger partial charge in [-0.1, -0.05) is 30.3 Å². The zero-order chi connectivity index (χ0) is 15.2. The van der Waals surface area contributed by atoms with Crippen LogP contribution in [-0.4, -0.2) is 35.5 Å². The Labute approximate surface area is 122 Å². The van der Waals surface area contributed by atoms with Gasteiger partial charge in [0.25, 0.3) is 0 Å². The van der Waals surface area contributed by atoms with Crippen LogP contribution in [0.2, 0.25) is 0 Å². The molecule has 0 atom stereocenters. The summed E-state index contributed by atoms with van der Waals surface area (Å²) >= 11 is 0. The summed E-state index contributed by atoms with van der Waals surface area (Å²) in [6.45, 7) is 0.630. The molecular weight excluding hydrogens is 270 g/mol. The summed E-state index contributed by atoms with van der Waals surface area (Å²) in [6, 6.07) is 9.97. The van der Waals surface area contributed by atoms with Crippen LogP contribution < -0.4 is 10.2 Å². The number of nitrogens with zero attached hydrogens (tertiary/aromatic N) is 4. The lowest BCUT2D eigenvalue weighted by Gasteiger charge is -2.18. The van der Waals surface area contributed by atoms with Crippen molar-refractivity contribution in [3.8, 4) is 0 Å². The number of aromatic nitrogens is 2. The molecule has 0 aliphatic heterocycles. The van der Waals surface area contributed by atoms with E-state index in [2.05, 4.69) is 15.3 Å². The van der Waals surface area contributed by atoms with E-state index in [-0.39, 0.29) is 11.5 Å². The molecule has 0 amide bonds. The van der Waals surface area contributed by atoms with Gasteiger partial charge in [-0.3, -0.25) is 10.1 Å². The first-order valence-corrected chi connectivity index (χ1v) is 6.55. The Kier molecular flexibility index (Phi) is 4.65. The lowest BCUT2D eigenvalue weighted by atomic mass is 10.1. The molecule has 1 N–H and O–H groups in total. The first kappa shape index (κ1) is 14.7. The lowest BCUT2D eigenvalue weighted by Crippen LogP contribution is -2.23. The molecule has 1 heterocycles.